The molecule has 2 unspecified atom stereocenters. The first-order chi connectivity index (χ1) is 23.3. The van der Waals surface area contributed by atoms with E-state index in [0.29, 0.717) is 6.42 Å². The third-order valence-electron chi connectivity index (χ3n) is 11.0. The van der Waals surface area contributed by atoms with Gasteiger partial charge in [-0.3, -0.25) is 4.99 Å². The van der Waals surface area contributed by atoms with Gasteiger partial charge in [-0.05, 0) is 78.7 Å². The van der Waals surface area contributed by atoms with Gasteiger partial charge in [-0.2, -0.15) is 6.08 Å². The van der Waals surface area contributed by atoms with Gasteiger partial charge >= 0.3 is 5.97 Å². The molecule has 3 aliphatic rings. The summed E-state index contributed by atoms with van der Waals surface area (Å²) < 4.78 is 2.49. The molecule has 0 saturated heterocycles. The van der Waals surface area contributed by atoms with Crippen LogP contribution in [0.3, 0.4) is 0 Å². The Morgan fingerprint density at radius 3 is 2.53 bits per heavy atom. The first-order valence-corrected chi connectivity index (χ1v) is 18.8. The molecule has 0 amide bonds. The number of hydrogen-bond acceptors (Lipinski definition) is 3. The lowest BCUT2D eigenvalue weighted by molar-refractivity contribution is -0.138. The fraction of sp³-hybridized carbons (Fsp3) is 0.500. The zero-order chi connectivity index (χ0) is 35.5. The van der Waals surface area contributed by atoms with Gasteiger partial charge < -0.3 is 14.6 Å². The number of rotatable bonds is 12. The summed E-state index contributed by atoms with van der Waals surface area (Å²) in [6.07, 6.45) is 17.1. The number of benzene rings is 2. The molecule has 1 aliphatic carbocycles. The van der Waals surface area contributed by atoms with Crippen LogP contribution in [0.2, 0.25) is 0 Å². The number of carboxylic acid groups (broad SMARTS) is 1. The van der Waals surface area contributed by atoms with E-state index in [1.54, 1.807) is 0 Å². The monoisotopic (exact) mass is 661 g/mol. The Hall–Kier alpha value is -3.86. The normalized spacial score (nSPS) is 22.8. The number of carbonyl (C=O) groups is 1. The average Bonchev–Trinajstić information content (AvgIpc) is 3.40. The van der Waals surface area contributed by atoms with Crippen LogP contribution >= 0.6 is 0 Å². The van der Waals surface area contributed by atoms with Crippen LogP contribution in [-0.2, 0) is 15.6 Å². The summed E-state index contributed by atoms with van der Waals surface area (Å²) in [5, 5.41) is 12.4. The first kappa shape index (κ1) is 36.4. The van der Waals surface area contributed by atoms with Gasteiger partial charge in [-0.25, -0.2) is 4.79 Å². The number of hydrogen-bond donors (Lipinski definition) is 1. The Kier molecular flexibility index (Phi) is 11.1. The van der Waals surface area contributed by atoms with Crippen molar-refractivity contribution in [2.24, 2.45) is 10.9 Å². The summed E-state index contributed by atoms with van der Waals surface area (Å²) in [4.78, 5) is 19.9. The highest BCUT2D eigenvalue weighted by molar-refractivity contribution is 6.04. The highest BCUT2D eigenvalue weighted by Gasteiger charge is 2.41. The van der Waals surface area contributed by atoms with Crippen LogP contribution in [0, 0.1) is 18.9 Å². The van der Waals surface area contributed by atoms with Crippen LogP contribution in [-0.4, -0.2) is 35.9 Å². The highest BCUT2D eigenvalue weighted by atomic mass is 16.4. The molecule has 0 radical (unpaired) electrons. The molecule has 1 fully saturated rings. The number of aryl methyl sites for hydroxylation is 1. The lowest BCUT2D eigenvalue weighted by Gasteiger charge is -2.31. The van der Waals surface area contributed by atoms with E-state index in [4.69, 9.17) is 4.99 Å². The molecule has 262 valence electrons. The van der Waals surface area contributed by atoms with E-state index in [2.05, 4.69) is 125 Å². The van der Waals surface area contributed by atoms with E-state index < -0.39 is 12.0 Å². The molecule has 2 heterocycles. The second-order valence-electron chi connectivity index (χ2n) is 15.4. The minimum atomic E-state index is -0.856. The molecule has 49 heavy (non-hydrogen) atoms. The van der Waals surface area contributed by atoms with Gasteiger partial charge in [0, 0.05) is 40.9 Å². The number of carboxylic acids is 1. The van der Waals surface area contributed by atoms with Crippen molar-refractivity contribution in [3.05, 3.63) is 105 Å². The van der Waals surface area contributed by atoms with E-state index in [9.17, 15) is 9.90 Å². The fourth-order valence-corrected chi connectivity index (χ4v) is 8.05. The number of unbranched alkanes of at least 4 members (excludes halogenated alkanes) is 2. The molecule has 1 N–H and O–H groups in total. The van der Waals surface area contributed by atoms with E-state index in [-0.39, 0.29) is 16.7 Å². The maximum absolute atomic E-state index is 12.3. The number of nitrogens with zero attached hydrogens (tertiary/aromatic N) is 3. The summed E-state index contributed by atoms with van der Waals surface area (Å²) in [6.45, 7) is 24.1. The molecule has 1 saturated carbocycles. The maximum atomic E-state index is 12.3. The molecule has 5 heteroatoms. The number of aliphatic imine (C=N–C) groups is 1. The molecule has 0 aromatic heterocycles. The molecule has 0 spiro atoms. The van der Waals surface area contributed by atoms with E-state index in [0.717, 1.165) is 74.5 Å². The highest BCUT2D eigenvalue weighted by Crippen LogP contribution is 2.48. The van der Waals surface area contributed by atoms with Gasteiger partial charge in [-0.15, -0.1) is 6.08 Å². The van der Waals surface area contributed by atoms with Crippen molar-refractivity contribution in [1.29, 1.82) is 0 Å². The predicted octanol–water partition coefficient (Wildman–Crippen LogP) is 8.59. The van der Waals surface area contributed by atoms with Gasteiger partial charge in [0.05, 0.1) is 6.04 Å². The quantitative estimate of drug-likeness (QED) is 0.183. The molecule has 2 atom stereocenters. The molecular weight excluding hydrogens is 603 g/mol. The largest absolute Gasteiger partial charge is 0.480 e. The van der Waals surface area contributed by atoms with Crippen molar-refractivity contribution in [3.63, 3.8) is 0 Å². The number of anilines is 1. The van der Waals surface area contributed by atoms with Gasteiger partial charge in [0.25, 0.3) is 0 Å². The lowest BCUT2D eigenvalue weighted by atomic mass is 9.77. The summed E-state index contributed by atoms with van der Waals surface area (Å²) >= 11 is 0. The Bertz CT molecular complexity index is 1790. The van der Waals surface area contributed by atoms with Gasteiger partial charge in [-0.1, -0.05) is 110 Å². The predicted molar refractivity (Wildman–Crippen MR) is 207 cm³/mol. The standard InChI is InChI=1S/C44H59N3O2/c1-10-13-26-46-37-22-18-30(4)28-34(37)43(6,7)39(46)24-20-32-16-15-17-33(41(32)45-36(12-3)42(48)49)21-25-40-44(8,9)35-29-31(5)19-23-38(35)47(40)27-14-11-2/h18-25,28-29,32,36H,4,10-17,26-27H2,1-3,5-9H3,(H,48,49)/b24-20+,33-21+,40-25-,45-41?. The fourth-order valence-electron chi connectivity index (χ4n) is 8.05. The Morgan fingerprint density at radius 2 is 1.84 bits per heavy atom. The third-order valence-corrected chi connectivity index (χ3v) is 11.0. The second-order valence-corrected chi connectivity index (χ2v) is 15.4. The van der Waals surface area contributed by atoms with Crippen LogP contribution < -0.4 is 20.1 Å². The minimum absolute atomic E-state index is 0.0443. The van der Waals surface area contributed by atoms with Crippen molar-refractivity contribution in [3.8, 4) is 0 Å². The van der Waals surface area contributed by atoms with Crippen LogP contribution in [0.4, 0.5) is 5.69 Å². The molecule has 5 nitrogen and oxygen atoms in total. The van der Waals surface area contributed by atoms with Gasteiger partial charge in [0.15, 0.2) is 0 Å². The average molecular weight is 662 g/mol. The number of aliphatic carboxylic acids is 1. The topological polar surface area (TPSA) is 55.9 Å². The van der Waals surface area contributed by atoms with Crippen molar-refractivity contribution in [1.82, 2.24) is 4.58 Å². The Labute approximate surface area is 295 Å². The van der Waals surface area contributed by atoms with Crippen LogP contribution in [0.1, 0.15) is 117 Å². The summed E-state index contributed by atoms with van der Waals surface area (Å²) in [5.41, 5.74) is 8.37. The van der Waals surface area contributed by atoms with Crippen molar-refractivity contribution >= 4 is 23.9 Å². The summed E-state index contributed by atoms with van der Waals surface area (Å²) in [7, 11) is 0. The first-order valence-electron chi connectivity index (χ1n) is 18.8. The Balaban J connectivity index is 1.57. The number of allylic oxidation sites excluding steroid dienone is 5. The molecule has 0 bridgehead atoms. The number of fused-ring (bicyclic) bond motifs is 2. The van der Waals surface area contributed by atoms with E-state index >= 15 is 0 Å². The second kappa shape index (κ2) is 14.9. The maximum Gasteiger partial charge on any atom is 0.328 e. The van der Waals surface area contributed by atoms with Crippen molar-refractivity contribution < 1.29 is 9.90 Å². The molecule has 2 aromatic carbocycles. The van der Waals surface area contributed by atoms with Gasteiger partial charge in [0.2, 0.25) is 0 Å². The van der Waals surface area contributed by atoms with Crippen LogP contribution in [0.25, 0.3) is 6.58 Å². The van der Waals surface area contributed by atoms with E-state index in [1.165, 1.54) is 39.5 Å². The molecular formula is C44H59N3O2. The van der Waals surface area contributed by atoms with Crippen LogP contribution in [0.15, 0.2) is 77.0 Å². The SMILES string of the molecule is C=c1ccc2c(c1)C(C)(C)[C-](/C=C/C1CCC/C(=C\C=C3/N(CCCC)c4ccc(C)cc4C3(C)C)C1=NC(CC)C(=O)O)[N+]=2CCCC. The minimum Gasteiger partial charge on any atom is -0.480 e. The smallest absolute Gasteiger partial charge is 0.328 e. The summed E-state index contributed by atoms with van der Waals surface area (Å²) in [6, 6.07) is 14.0. The molecule has 5 rings (SSSR count). The third kappa shape index (κ3) is 7.23. The summed E-state index contributed by atoms with van der Waals surface area (Å²) in [5.74, 6) is -0.811. The van der Waals surface area contributed by atoms with Crippen molar-refractivity contribution in [2.75, 3.05) is 18.0 Å². The molecule has 2 aliphatic heterocycles. The van der Waals surface area contributed by atoms with Crippen LogP contribution in [0.5, 0.6) is 0 Å². The van der Waals surface area contributed by atoms with Gasteiger partial charge in [0.1, 0.15) is 17.9 Å². The zero-order valence-electron chi connectivity index (χ0n) is 31.4. The molecule has 2 aromatic rings. The van der Waals surface area contributed by atoms with E-state index in [1.807, 2.05) is 6.92 Å². The van der Waals surface area contributed by atoms with Crippen molar-refractivity contribution in [2.45, 2.75) is 124 Å². The lowest BCUT2D eigenvalue weighted by Crippen LogP contribution is -2.33. The zero-order valence-corrected chi connectivity index (χ0v) is 31.4. The Morgan fingerprint density at radius 1 is 1.08 bits per heavy atom.